The summed E-state index contributed by atoms with van der Waals surface area (Å²) >= 11 is 0. The van der Waals surface area contributed by atoms with Crippen LogP contribution in [-0.2, 0) is 0 Å². The van der Waals surface area contributed by atoms with Gasteiger partial charge in [-0.05, 0) is 30.7 Å². The monoisotopic (exact) mass is 386 g/mol. The lowest BCUT2D eigenvalue weighted by molar-refractivity contribution is -0.384. The van der Waals surface area contributed by atoms with Gasteiger partial charge in [0.25, 0.3) is 17.5 Å². The first-order chi connectivity index (χ1) is 13.9. The van der Waals surface area contributed by atoms with Crippen molar-refractivity contribution in [2.45, 2.75) is 6.92 Å². The summed E-state index contributed by atoms with van der Waals surface area (Å²) in [7, 11) is 0. The average molecular weight is 386 g/mol. The predicted molar refractivity (Wildman–Crippen MR) is 105 cm³/mol. The Balaban J connectivity index is 1.73. The molecule has 0 aliphatic carbocycles. The number of carbonyl (C=O) groups is 3. The summed E-state index contributed by atoms with van der Waals surface area (Å²) in [5, 5.41) is 10.9. The van der Waals surface area contributed by atoms with Gasteiger partial charge in [0.05, 0.1) is 21.7 Å². The number of carbonyl (C=O) groups excluding carboxylic acids is 3. The van der Waals surface area contributed by atoms with Gasteiger partial charge in [0.15, 0.2) is 5.78 Å². The maximum Gasteiger partial charge on any atom is 0.270 e. The second-order valence-electron chi connectivity index (χ2n) is 6.63. The van der Waals surface area contributed by atoms with E-state index in [1.807, 2.05) is 6.07 Å². The van der Waals surface area contributed by atoms with E-state index in [0.717, 1.165) is 10.5 Å². The molecule has 0 atom stereocenters. The molecule has 0 fully saturated rings. The lowest BCUT2D eigenvalue weighted by Gasteiger charge is -2.16. The lowest BCUT2D eigenvalue weighted by Crippen LogP contribution is -2.29. The van der Waals surface area contributed by atoms with Crippen molar-refractivity contribution in [1.29, 1.82) is 0 Å². The van der Waals surface area contributed by atoms with Gasteiger partial charge in [0.2, 0.25) is 0 Å². The summed E-state index contributed by atoms with van der Waals surface area (Å²) in [4.78, 5) is 49.9. The molecule has 0 unspecified atom stereocenters. The van der Waals surface area contributed by atoms with E-state index in [9.17, 15) is 24.5 Å². The number of hydrogen-bond donors (Lipinski definition) is 0. The smallest absolute Gasteiger partial charge is 0.270 e. The highest BCUT2D eigenvalue weighted by molar-refractivity contribution is 6.35. The zero-order valence-corrected chi connectivity index (χ0v) is 15.3. The predicted octanol–water partition coefficient (Wildman–Crippen LogP) is 3.93. The van der Waals surface area contributed by atoms with Crippen molar-refractivity contribution in [3.63, 3.8) is 0 Å². The number of amides is 2. The largest absolute Gasteiger partial charge is 0.289 e. The highest BCUT2D eigenvalue weighted by atomic mass is 16.6. The number of hydrogen-bond acceptors (Lipinski definition) is 5. The second-order valence-corrected chi connectivity index (χ2v) is 6.63. The van der Waals surface area contributed by atoms with Crippen LogP contribution < -0.4 is 4.90 Å². The fourth-order valence-corrected chi connectivity index (χ4v) is 3.34. The molecule has 2 amide bonds. The van der Waals surface area contributed by atoms with Gasteiger partial charge in [-0.1, -0.05) is 36.4 Å². The highest BCUT2D eigenvalue weighted by Crippen LogP contribution is 2.31. The normalized spacial score (nSPS) is 12.8. The van der Waals surface area contributed by atoms with Crippen LogP contribution >= 0.6 is 0 Å². The van der Waals surface area contributed by atoms with E-state index in [0.29, 0.717) is 5.69 Å². The summed E-state index contributed by atoms with van der Waals surface area (Å²) in [5.41, 5.74) is 1.72. The Hall–Kier alpha value is -4.13. The van der Waals surface area contributed by atoms with Gasteiger partial charge in [-0.2, -0.15) is 0 Å². The first kappa shape index (κ1) is 18.2. The zero-order chi connectivity index (χ0) is 20.7. The molecular formula is C22H14N2O5. The number of nitro groups is 1. The molecule has 1 aliphatic heterocycles. The van der Waals surface area contributed by atoms with Crippen molar-refractivity contribution in [3.05, 3.63) is 105 Å². The summed E-state index contributed by atoms with van der Waals surface area (Å²) in [6, 6.07) is 16.7. The van der Waals surface area contributed by atoms with Gasteiger partial charge in [0.1, 0.15) is 0 Å². The number of anilines is 1. The first-order valence-electron chi connectivity index (χ1n) is 8.76. The fraction of sp³-hybridized carbons (Fsp3) is 0.0455. The van der Waals surface area contributed by atoms with Crippen LogP contribution in [0.2, 0.25) is 0 Å². The number of rotatable bonds is 4. The molecule has 29 heavy (non-hydrogen) atoms. The van der Waals surface area contributed by atoms with E-state index in [4.69, 9.17) is 0 Å². The molecule has 3 aromatic carbocycles. The summed E-state index contributed by atoms with van der Waals surface area (Å²) in [6.45, 7) is 1.80. The van der Waals surface area contributed by atoms with E-state index in [2.05, 4.69) is 0 Å². The molecule has 0 bridgehead atoms. The lowest BCUT2D eigenvalue weighted by atomic mass is 9.99. The Morgan fingerprint density at radius 2 is 1.55 bits per heavy atom. The van der Waals surface area contributed by atoms with Crippen molar-refractivity contribution in [1.82, 2.24) is 0 Å². The van der Waals surface area contributed by atoms with Crippen LogP contribution in [0.3, 0.4) is 0 Å². The van der Waals surface area contributed by atoms with E-state index >= 15 is 0 Å². The van der Waals surface area contributed by atoms with Crippen molar-refractivity contribution >= 4 is 29.0 Å². The third-order valence-electron chi connectivity index (χ3n) is 4.82. The number of nitrogens with zero attached hydrogens (tertiary/aromatic N) is 2. The molecule has 0 saturated heterocycles. The number of ketones is 1. The van der Waals surface area contributed by atoms with Gasteiger partial charge >= 0.3 is 0 Å². The summed E-state index contributed by atoms with van der Waals surface area (Å²) < 4.78 is 0. The van der Waals surface area contributed by atoms with Crippen LogP contribution in [0.25, 0.3) is 0 Å². The number of aryl methyl sites for hydroxylation is 1. The maximum atomic E-state index is 12.9. The molecule has 1 aliphatic rings. The van der Waals surface area contributed by atoms with E-state index in [-0.39, 0.29) is 27.9 Å². The molecule has 0 saturated carbocycles. The van der Waals surface area contributed by atoms with Gasteiger partial charge in [0, 0.05) is 23.3 Å². The van der Waals surface area contributed by atoms with Crippen LogP contribution in [0, 0.1) is 17.0 Å². The van der Waals surface area contributed by atoms with Crippen molar-refractivity contribution < 1.29 is 19.3 Å². The molecule has 0 N–H and O–H groups in total. The third-order valence-corrected chi connectivity index (χ3v) is 4.82. The molecular weight excluding hydrogens is 372 g/mol. The maximum absolute atomic E-state index is 12.9. The van der Waals surface area contributed by atoms with Gasteiger partial charge in [-0.15, -0.1) is 0 Å². The fourth-order valence-electron chi connectivity index (χ4n) is 3.34. The minimum atomic E-state index is -0.582. The third kappa shape index (κ3) is 2.98. The number of nitro benzene ring substituents is 1. The van der Waals surface area contributed by atoms with Crippen LogP contribution in [-0.4, -0.2) is 22.5 Å². The molecule has 1 heterocycles. The minimum absolute atomic E-state index is 0.131. The SMILES string of the molecule is Cc1ccccc1N1C(=O)c2ccc(C(=O)c3cccc([N+](=O)[O-])c3)cc2C1=O. The highest BCUT2D eigenvalue weighted by Gasteiger charge is 2.37. The average Bonchev–Trinajstić information content (AvgIpc) is 2.98. The molecule has 7 nitrogen and oxygen atoms in total. The standard InChI is InChI=1S/C22H14N2O5/c1-13-5-2-3-8-19(13)23-21(26)17-10-9-15(12-18(17)22(23)27)20(25)14-6-4-7-16(11-14)24(28)29/h2-12H,1H3. The van der Waals surface area contributed by atoms with Crippen LogP contribution in [0.4, 0.5) is 11.4 Å². The summed E-state index contributed by atoms with van der Waals surface area (Å²) in [6.07, 6.45) is 0. The second kappa shape index (κ2) is 6.79. The molecule has 7 heteroatoms. The first-order valence-corrected chi connectivity index (χ1v) is 8.76. The van der Waals surface area contributed by atoms with Crippen LogP contribution in [0.15, 0.2) is 66.7 Å². The van der Waals surface area contributed by atoms with Crippen molar-refractivity contribution in [3.8, 4) is 0 Å². The Kier molecular flexibility index (Phi) is 4.27. The van der Waals surface area contributed by atoms with Crippen molar-refractivity contribution in [2.75, 3.05) is 4.90 Å². The number of fused-ring (bicyclic) bond motifs is 1. The quantitative estimate of drug-likeness (QED) is 0.293. The van der Waals surface area contributed by atoms with Crippen LogP contribution in [0.1, 0.15) is 42.2 Å². The molecule has 0 radical (unpaired) electrons. The van der Waals surface area contributed by atoms with Gasteiger partial charge < -0.3 is 0 Å². The molecule has 3 aromatic rings. The summed E-state index contributed by atoms with van der Waals surface area (Å²) in [5.74, 6) is -1.42. The molecule has 0 aromatic heterocycles. The van der Waals surface area contributed by atoms with Crippen LogP contribution in [0.5, 0.6) is 0 Å². The van der Waals surface area contributed by atoms with Gasteiger partial charge in [-0.25, -0.2) is 4.90 Å². The topological polar surface area (TPSA) is 97.6 Å². The van der Waals surface area contributed by atoms with Crippen molar-refractivity contribution in [2.24, 2.45) is 0 Å². The molecule has 142 valence electrons. The van der Waals surface area contributed by atoms with E-state index < -0.39 is 22.5 Å². The van der Waals surface area contributed by atoms with E-state index in [1.54, 1.807) is 25.1 Å². The number of non-ortho nitro benzene ring substituents is 1. The Labute approximate surface area is 165 Å². The van der Waals surface area contributed by atoms with Gasteiger partial charge in [-0.3, -0.25) is 24.5 Å². The Morgan fingerprint density at radius 3 is 2.28 bits per heavy atom. The minimum Gasteiger partial charge on any atom is -0.289 e. The Bertz CT molecular complexity index is 1220. The zero-order valence-electron chi connectivity index (χ0n) is 15.3. The number of benzene rings is 3. The Morgan fingerprint density at radius 1 is 0.862 bits per heavy atom. The van der Waals surface area contributed by atoms with E-state index in [1.165, 1.54) is 42.5 Å². The molecule has 4 rings (SSSR count). The number of imide groups is 1. The number of para-hydroxylation sites is 1. The molecule has 0 spiro atoms.